The lowest BCUT2D eigenvalue weighted by atomic mass is 9.87. The summed E-state index contributed by atoms with van der Waals surface area (Å²) >= 11 is 1.60. The average Bonchev–Trinajstić information content (AvgIpc) is 3.84. The van der Waals surface area contributed by atoms with Crippen molar-refractivity contribution in [2.45, 2.75) is 87.5 Å². The first-order valence-corrected chi connectivity index (χ1v) is 16.6. The Balaban J connectivity index is 1.11. The van der Waals surface area contributed by atoms with Crippen molar-refractivity contribution in [3.05, 3.63) is 71.2 Å². The predicted molar refractivity (Wildman–Crippen MR) is 164 cm³/mol. The molecule has 41 heavy (non-hydrogen) atoms. The highest BCUT2D eigenvalue weighted by Gasteiger charge is 2.63. The van der Waals surface area contributed by atoms with Gasteiger partial charge >= 0.3 is 0 Å². The zero-order valence-electron chi connectivity index (χ0n) is 23.7. The van der Waals surface area contributed by atoms with Gasteiger partial charge in [-0.2, -0.15) is 0 Å². The van der Waals surface area contributed by atoms with Crippen molar-refractivity contribution in [1.29, 1.82) is 0 Å². The number of rotatable bonds is 5. The number of benzene rings is 1. The van der Waals surface area contributed by atoms with Crippen molar-refractivity contribution in [3.63, 3.8) is 0 Å². The molecule has 7 heteroatoms. The number of hydrogen-bond donors (Lipinski definition) is 2. The summed E-state index contributed by atoms with van der Waals surface area (Å²) in [6.45, 7) is 3.72. The summed E-state index contributed by atoms with van der Waals surface area (Å²) in [5.74, 6) is 1.50. The average molecular weight is 569 g/mol. The van der Waals surface area contributed by atoms with Crippen LogP contribution < -0.4 is 4.72 Å². The quantitative estimate of drug-likeness (QED) is 0.283. The number of allylic oxidation sites excluding steroid dienone is 2. The van der Waals surface area contributed by atoms with Crippen LogP contribution in [0.4, 0.5) is 0 Å². The van der Waals surface area contributed by atoms with E-state index >= 15 is 0 Å². The van der Waals surface area contributed by atoms with Crippen molar-refractivity contribution in [3.8, 4) is 5.75 Å². The number of hydrogen-bond acceptors (Lipinski definition) is 5. The molecule has 3 aliphatic carbocycles. The number of aromatic hydroxyl groups is 1. The van der Waals surface area contributed by atoms with Crippen LogP contribution in [0.15, 0.2) is 48.6 Å². The summed E-state index contributed by atoms with van der Waals surface area (Å²) < 4.78 is 5.70. The third kappa shape index (κ3) is 4.51. The number of aromatic nitrogens is 2. The van der Waals surface area contributed by atoms with Gasteiger partial charge in [-0.3, -0.25) is 19.4 Å². The Morgan fingerprint density at radius 3 is 2.85 bits per heavy atom. The van der Waals surface area contributed by atoms with E-state index in [9.17, 15) is 9.90 Å². The van der Waals surface area contributed by atoms with E-state index in [1.54, 1.807) is 11.9 Å². The summed E-state index contributed by atoms with van der Waals surface area (Å²) in [6, 6.07) is 12.6. The van der Waals surface area contributed by atoms with E-state index in [-0.39, 0.29) is 11.8 Å². The SMILES string of the molecule is O=C(NSC1CC1)C12CC1C=CCCCCCCc1c2c(O)c2n1CC1CN(Cc3ccc4ccccc4n3)CC21. The van der Waals surface area contributed by atoms with Crippen LogP contribution >= 0.6 is 11.9 Å². The molecule has 0 spiro atoms. The molecule has 4 unspecified atom stereocenters. The molecule has 3 aromatic rings. The number of amides is 1. The van der Waals surface area contributed by atoms with Gasteiger partial charge in [0.1, 0.15) is 5.75 Å². The summed E-state index contributed by atoms with van der Waals surface area (Å²) in [7, 11) is 0. The number of likely N-dealkylation sites (tertiary alicyclic amines) is 1. The lowest BCUT2D eigenvalue weighted by Crippen LogP contribution is -2.33. The minimum Gasteiger partial charge on any atom is -0.506 e. The molecule has 5 aliphatic rings. The molecule has 1 aromatic carbocycles. The summed E-state index contributed by atoms with van der Waals surface area (Å²) in [5.41, 5.74) is 4.83. The van der Waals surface area contributed by atoms with E-state index in [1.807, 2.05) is 6.07 Å². The lowest BCUT2D eigenvalue weighted by Gasteiger charge is -2.21. The van der Waals surface area contributed by atoms with Gasteiger partial charge in [-0.1, -0.05) is 49.3 Å². The Morgan fingerprint density at radius 1 is 1.07 bits per heavy atom. The minimum atomic E-state index is -0.628. The molecule has 2 saturated carbocycles. The summed E-state index contributed by atoms with van der Waals surface area (Å²) in [6.07, 6.45) is 14.6. The van der Waals surface area contributed by atoms with E-state index in [4.69, 9.17) is 4.98 Å². The van der Waals surface area contributed by atoms with E-state index in [2.05, 4.69) is 56.7 Å². The molecule has 2 N–H and O–H groups in total. The smallest absolute Gasteiger partial charge is 0.241 e. The van der Waals surface area contributed by atoms with Gasteiger partial charge in [-0.25, -0.2) is 0 Å². The second-order valence-corrected chi connectivity index (χ2v) is 14.2. The predicted octanol–water partition coefficient (Wildman–Crippen LogP) is 6.22. The largest absolute Gasteiger partial charge is 0.506 e. The number of pyridine rings is 1. The van der Waals surface area contributed by atoms with E-state index < -0.39 is 5.41 Å². The molecule has 8 rings (SSSR count). The molecular formula is C34H40N4O2S. The lowest BCUT2D eigenvalue weighted by molar-refractivity contribution is -0.121. The van der Waals surface area contributed by atoms with E-state index in [0.717, 1.165) is 74.3 Å². The molecular weight excluding hydrogens is 528 g/mol. The van der Waals surface area contributed by atoms with Crippen LogP contribution in [0.1, 0.15) is 79.9 Å². The van der Waals surface area contributed by atoms with Crippen LogP contribution in [0.25, 0.3) is 10.9 Å². The number of para-hydroxylation sites is 1. The van der Waals surface area contributed by atoms with Crippen molar-refractivity contribution in [1.82, 2.24) is 19.2 Å². The van der Waals surface area contributed by atoms with Crippen LogP contribution in [0.3, 0.4) is 0 Å². The first kappa shape index (κ1) is 25.9. The minimum absolute atomic E-state index is 0.105. The van der Waals surface area contributed by atoms with E-state index in [1.165, 1.54) is 43.2 Å². The first-order chi connectivity index (χ1) is 20.1. The Labute approximate surface area is 246 Å². The number of nitrogens with one attached hydrogen (secondary N) is 1. The van der Waals surface area contributed by atoms with Crippen LogP contribution in [0, 0.1) is 11.8 Å². The Morgan fingerprint density at radius 2 is 1.95 bits per heavy atom. The maximum absolute atomic E-state index is 13.9. The van der Waals surface area contributed by atoms with Crippen LogP contribution in [-0.4, -0.2) is 43.8 Å². The second kappa shape index (κ2) is 10.2. The maximum atomic E-state index is 13.9. The van der Waals surface area contributed by atoms with Gasteiger partial charge in [0.05, 0.1) is 22.3 Å². The van der Waals surface area contributed by atoms with Crippen LogP contribution in [0.2, 0.25) is 0 Å². The van der Waals surface area contributed by atoms with Gasteiger partial charge in [-0.15, -0.1) is 0 Å². The molecule has 6 nitrogen and oxygen atoms in total. The Hall–Kier alpha value is -2.77. The third-order valence-corrected chi connectivity index (χ3v) is 11.4. The number of carbonyl (C=O) groups excluding carboxylic acids is 1. The fourth-order valence-corrected chi connectivity index (χ4v) is 8.82. The molecule has 214 valence electrons. The van der Waals surface area contributed by atoms with Crippen molar-refractivity contribution < 1.29 is 9.90 Å². The normalized spacial score (nSPS) is 29.2. The second-order valence-electron chi connectivity index (χ2n) is 13.1. The fraction of sp³-hybridized carbons (Fsp3) is 0.529. The Kier molecular flexibility index (Phi) is 6.44. The summed E-state index contributed by atoms with van der Waals surface area (Å²) in [4.78, 5) is 21.4. The van der Waals surface area contributed by atoms with Gasteiger partial charge < -0.3 is 9.67 Å². The van der Waals surface area contributed by atoms with Gasteiger partial charge in [-0.05, 0) is 80.9 Å². The highest BCUT2D eigenvalue weighted by molar-refractivity contribution is 7.98. The van der Waals surface area contributed by atoms with Gasteiger partial charge in [0.25, 0.3) is 0 Å². The van der Waals surface area contributed by atoms with Crippen molar-refractivity contribution in [2.75, 3.05) is 13.1 Å². The molecule has 3 fully saturated rings. The van der Waals surface area contributed by atoms with Crippen molar-refractivity contribution >= 4 is 28.8 Å². The third-order valence-electron chi connectivity index (χ3n) is 10.3. The number of carbonyl (C=O) groups is 1. The zero-order chi connectivity index (χ0) is 27.6. The monoisotopic (exact) mass is 568 g/mol. The molecule has 0 radical (unpaired) electrons. The molecule has 1 saturated heterocycles. The molecule has 4 heterocycles. The van der Waals surface area contributed by atoms with Crippen LogP contribution in [0.5, 0.6) is 5.75 Å². The molecule has 1 amide bonds. The van der Waals surface area contributed by atoms with E-state index in [0.29, 0.717) is 22.8 Å². The molecule has 2 aliphatic heterocycles. The van der Waals surface area contributed by atoms with Crippen LogP contribution in [-0.2, 0) is 29.7 Å². The highest BCUT2D eigenvalue weighted by atomic mass is 32.2. The first-order valence-electron chi connectivity index (χ1n) is 15.8. The molecule has 0 bridgehead atoms. The fourth-order valence-electron chi connectivity index (χ4n) is 8.00. The van der Waals surface area contributed by atoms with Gasteiger partial charge in [0.2, 0.25) is 5.91 Å². The highest BCUT2D eigenvalue weighted by Crippen LogP contribution is 2.62. The molecule has 2 aromatic heterocycles. The van der Waals surface area contributed by atoms with Gasteiger partial charge in [0, 0.05) is 54.0 Å². The summed E-state index contributed by atoms with van der Waals surface area (Å²) in [5, 5.41) is 13.8. The maximum Gasteiger partial charge on any atom is 0.241 e. The topological polar surface area (TPSA) is 70.4 Å². The number of nitrogens with zero attached hydrogens (tertiary/aromatic N) is 3. The molecule has 4 atom stereocenters. The number of fused-ring (bicyclic) bond motifs is 8. The zero-order valence-corrected chi connectivity index (χ0v) is 24.5. The standard InChI is InChI=1S/C34H40N4O2S/c39-32-30-29(12-6-4-2-1-3-5-10-24-17-34(24,30)33(40)36-41-26-15-16-26)38-19-23-18-37(21-27(23)31(32)38)20-25-14-13-22-9-7-8-11-28(22)35-25/h5,7-11,13-14,23-24,26-27,39H,1-4,6,12,15-21H2,(H,36,40). The van der Waals surface area contributed by atoms with Crippen molar-refractivity contribution in [2.24, 2.45) is 11.8 Å². The van der Waals surface area contributed by atoms with Gasteiger partial charge in [0.15, 0.2) is 0 Å². The Bertz CT molecular complexity index is 1530.